The largest absolute Gasteiger partial charge is 0.0683 e. The minimum Gasteiger partial charge on any atom is -0.0683 e. The van der Waals surface area contributed by atoms with Crippen LogP contribution in [-0.4, -0.2) is 0 Å². The Balaban J connectivity index is 0.000000461. The predicted molar refractivity (Wildman–Crippen MR) is 47.2 cm³/mol. The van der Waals surface area contributed by atoms with Crippen molar-refractivity contribution < 1.29 is 1.37 Å². The number of aryl methyl sites for hydroxylation is 1. The van der Waals surface area contributed by atoms with Gasteiger partial charge in [-0.2, -0.15) is 0 Å². The Morgan fingerprint density at radius 3 is 2.00 bits per heavy atom. The summed E-state index contributed by atoms with van der Waals surface area (Å²) in [5.41, 5.74) is 1.08. The second-order valence-electron chi connectivity index (χ2n) is 1.70. The second-order valence-corrected chi connectivity index (χ2v) is 1.70. The van der Waals surface area contributed by atoms with E-state index < -0.39 is 0 Å². The summed E-state index contributed by atoms with van der Waals surface area (Å²) >= 11 is 0. The Labute approximate surface area is 65.3 Å². The molecule has 0 spiro atoms. The first kappa shape index (κ1) is 7.33. The highest BCUT2D eigenvalue weighted by Gasteiger charge is 1.79. The molecule has 1 atom stereocenters. The molecule has 0 radical (unpaired) electrons. The molecule has 1 rings (SSSR count). The van der Waals surface area contributed by atoms with Crippen LogP contribution in [-0.2, 0) is 6.40 Å². The van der Waals surface area contributed by atoms with Crippen molar-refractivity contribution in [3.8, 4) is 0 Å². The van der Waals surface area contributed by atoms with Crippen LogP contribution in [0.3, 0.4) is 0 Å². The standard InChI is InChI=1S/C8H10.C2H6/c1-2-8-6-4-3-5-7-8;1-2/h3-7H,2H2,1H3;1-2H3/i2D;. The molecule has 0 fully saturated rings. The first-order chi connectivity index (χ1) is 5.30. The third kappa shape index (κ3) is 3.29. The van der Waals surface area contributed by atoms with Gasteiger partial charge in [0.15, 0.2) is 0 Å². The highest BCUT2D eigenvalue weighted by atomic mass is 13.9. The van der Waals surface area contributed by atoms with Crippen LogP contribution in [0.25, 0.3) is 0 Å². The van der Waals surface area contributed by atoms with Crippen molar-refractivity contribution in [2.24, 2.45) is 0 Å². The maximum absolute atomic E-state index is 7.32. The summed E-state index contributed by atoms with van der Waals surface area (Å²) in [6.45, 7) is 5.87. The van der Waals surface area contributed by atoms with E-state index in [9.17, 15) is 0 Å². The summed E-state index contributed by atoms with van der Waals surface area (Å²) in [5.74, 6) is 0. The molecule has 0 saturated carbocycles. The van der Waals surface area contributed by atoms with Gasteiger partial charge in [-0.15, -0.1) is 0 Å². The molecule has 0 amide bonds. The van der Waals surface area contributed by atoms with Gasteiger partial charge in [0.2, 0.25) is 0 Å². The molecule has 1 unspecified atom stereocenters. The number of hydrogen-bond acceptors (Lipinski definition) is 0. The first-order valence-electron chi connectivity index (χ1n) is 4.35. The highest BCUT2D eigenvalue weighted by molar-refractivity contribution is 5.13. The molecule has 0 aliphatic heterocycles. The van der Waals surface area contributed by atoms with Gasteiger partial charge in [0.25, 0.3) is 0 Å². The molecule has 0 aromatic heterocycles. The van der Waals surface area contributed by atoms with Crippen molar-refractivity contribution in [1.82, 2.24) is 0 Å². The molecule has 1 aromatic rings. The minimum absolute atomic E-state index is 0.0915. The van der Waals surface area contributed by atoms with E-state index in [1.165, 1.54) is 0 Å². The Morgan fingerprint density at radius 1 is 1.20 bits per heavy atom. The SMILES string of the molecule is CC.[2H]C(C)c1ccccc1. The summed E-state index contributed by atoms with van der Waals surface area (Å²) in [7, 11) is 0. The number of hydrogen-bond donors (Lipinski definition) is 0. The Morgan fingerprint density at radius 2 is 1.70 bits per heavy atom. The van der Waals surface area contributed by atoms with Crippen LogP contribution in [0.15, 0.2) is 30.3 Å². The molecule has 10 heavy (non-hydrogen) atoms. The van der Waals surface area contributed by atoms with Crippen LogP contribution in [0.4, 0.5) is 0 Å². The van der Waals surface area contributed by atoms with Crippen LogP contribution in [0.1, 0.15) is 27.7 Å². The zero-order valence-electron chi connectivity index (χ0n) is 7.96. The quantitative estimate of drug-likeness (QED) is 0.557. The third-order valence-corrected chi connectivity index (χ3v) is 1.13. The zero-order chi connectivity index (χ0) is 8.69. The van der Waals surface area contributed by atoms with Gasteiger partial charge in [-0.25, -0.2) is 0 Å². The smallest absolute Gasteiger partial charge is 0.0313 e. The van der Waals surface area contributed by atoms with Crippen molar-refractivity contribution in [2.75, 3.05) is 0 Å². The van der Waals surface area contributed by atoms with Gasteiger partial charge >= 0.3 is 0 Å². The molecule has 0 aliphatic carbocycles. The van der Waals surface area contributed by atoms with Gasteiger partial charge in [0.1, 0.15) is 0 Å². The average Bonchev–Trinajstić information content (AvgIpc) is 2.10. The van der Waals surface area contributed by atoms with Gasteiger partial charge in [0.05, 0.1) is 0 Å². The van der Waals surface area contributed by atoms with Gasteiger partial charge in [-0.05, 0) is 12.0 Å². The molecule has 56 valence electrons. The van der Waals surface area contributed by atoms with E-state index in [0.717, 1.165) is 5.56 Å². The Bertz CT molecular complexity index is 167. The van der Waals surface area contributed by atoms with Crippen LogP contribution in [0.2, 0.25) is 0 Å². The summed E-state index contributed by atoms with van der Waals surface area (Å²) < 4.78 is 7.32. The molecule has 0 nitrogen and oxygen atoms in total. The fraction of sp³-hybridized carbons (Fsp3) is 0.400. The molecule has 0 bridgehead atoms. The molecular formula is C10H16. The lowest BCUT2D eigenvalue weighted by Crippen LogP contribution is -1.73. The minimum atomic E-state index is -0.0915. The summed E-state index contributed by atoms with van der Waals surface area (Å²) in [6, 6.07) is 9.82. The Hall–Kier alpha value is -0.780. The second kappa shape index (κ2) is 6.34. The number of benzene rings is 1. The molecular weight excluding hydrogens is 120 g/mol. The van der Waals surface area contributed by atoms with Crippen LogP contribution in [0.5, 0.6) is 0 Å². The number of rotatable bonds is 1. The topological polar surface area (TPSA) is 0 Å². The van der Waals surface area contributed by atoms with E-state index in [2.05, 4.69) is 0 Å². The van der Waals surface area contributed by atoms with Crippen LogP contribution >= 0.6 is 0 Å². The van der Waals surface area contributed by atoms with Crippen LogP contribution < -0.4 is 0 Å². The van der Waals surface area contributed by atoms with E-state index in [-0.39, 0.29) is 6.40 Å². The molecule has 0 aliphatic rings. The molecule has 0 heterocycles. The van der Waals surface area contributed by atoms with Crippen molar-refractivity contribution in [1.29, 1.82) is 0 Å². The summed E-state index contributed by atoms with van der Waals surface area (Å²) in [5, 5.41) is 0. The predicted octanol–water partition coefficient (Wildman–Crippen LogP) is 3.28. The lowest BCUT2D eigenvalue weighted by atomic mass is 10.2. The van der Waals surface area contributed by atoms with E-state index in [4.69, 9.17) is 1.37 Å². The highest BCUT2D eigenvalue weighted by Crippen LogP contribution is 1.96. The van der Waals surface area contributed by atoms with Crippen LogP contribution in [0, 0.1) is 0 Å². The maximum atomic E-state index is 7.32. The molecule has 0 N–H and O–H groups in total. The fourth-order valence-corrected chi connectivity index (χ4v) is 0.645. The van der Waals surface area contributed by atoms with E-state index in [0.29, 0.717) is 0 Å². The zero-order valence-corrected chi connectivity index (χ0v) is 6.96. The van der Waals surface area contributed by atoms with Crippen molar-refractivity contribution in [3.63, 3.8) is 0 Å². The monoisotopic (exact) mass is 137 g/mol. The molecule has 0 heteroatoms. The summed E-state index contributed by atoms with van der Waals surface area (Å²) in [6.07, 6.45) is -0.0915. The van der Waals surface area contributed by atoms with E-state index in [1.54, 1.807) is 0 Å². The van der Waals surface area contributed by atoms with Gasteiger partial charge in [-0.1, -0.05) is 51.1 Å². The lowest BCUT2D eigenvalue weighted by molar-refractivity contribution is 1.14. The maximum Gasteiger partial charge on any atom is 0.0313 e. The van der Waals surface area contributed by atoms with Crippen molar-refractivity contribution in [2.45, 2.75) is 27.2 Å². The van der Waals surface area contributed by atoms with Gasteiger partial charge in [0, 0.05) is 1.37 Å². The van der Waals surface area contributed by atoms with Gasteiger partial charge in [-0.3, -0.25) is 0 Å². The van der Waals surface area contributed by atoms with E-state index in [1.807, 2.05) is 51.1 Å². The third-order valence-electron chi connectivity index (χ3n) is 1.13. The van der Waals surface area contributed by atoms with Crippen molar-refractivity contribution in [3.05, 3.63) is 35.9 Å². The normalized spacial score (nSPS) is 12.5. The summed E-state index contributed by atoms with van der Waals surface area (Å²) in [4.78, 5) is 0. The Kier molecular flexibility index (Phi) is 4.65. The lowest BCUT2D eigenvalue weighted by Gasteiger charge is -1.89. The first-order valence-corrected chi connectivity index (χ1v) is 3.78. The fourth-order valence-electron chi connectivity index (χ4n) is 0.645. The molecule has 1 aromatic carbocycles. The van der Waals surface area contributed by atoms with Gasteiger partial charge < -0.3 is 0 Å². The average molecular weight is 137 g/mol. The van der Waals surface area contributed by atoms with E-state index >= 15 is 0 Å². The molecule has 0 saturated heterocycles. The van der Waals surface area contributed by atoms with Crippen molar-refractivity contribution >= 4 is 0 Å².